The van der Waals surface area contributed by atoms with E-state index in [1.165, 1.54) is 18.2 Å². The van der Waals surface area contributed by atoms with Crippen LogP contribution in [-0.2, 0) is 10.0 Å². The van der Waals surface area contributed by atoms with Gasteiger partial charge in [-0.25, -0.2) is 8.42 Å². The Morgan fingerprint density at radius 2 is 1.80 bits per heavy atom. The molecule has 0 heterocycles. The topological polar surface area (TPSA) is 72.2 Å². The first kappa shape index (κ1) is 15.7. The number of rotatable bonds is 3. The Bertz CT molecular complexity index is 766. The van der Waals surface area contributed by atoms with Crippen LogP contribution in [0, 0.1) is 3.57 Å². The number of nitrogens with two attached hydrogens (primary N) is 1. The van der Waals surface area contributed by atoms with Crippen molar-refractivity contribution in [2.45, 2.75) is 4.90 Å². The fourth-order valence-electron chi connectivity index (χ4n) is 1.51. The highest BCUT2D eigenvalue weighted by Crippen LogP contribution is 2.29. The van der Waals surface area contributed by atoms with E-state index in [0.29, 0.717) is 5.02 Å². The molecular formula is C12H9Cl2IN2O2S. The van der Waals surface area contributed by atoms with Gasteiger partial charge in [0.15, 0.2) is 0 Å². The van der Waals surface area contributed by atoms with Gasteiger partial charge in [-0.3, -0.25) is 4.72 Å². The second-order valence-electron chi connectivity index (χ2n) is 3.91. The van der Waals surface area contributed by atoms with E-state index < -0.39 is 10.0 Å². The second-order valence-corrected chi connectivity index (χ2v) is 7.65. The molecule has 0 spiro atoms. The predicted molar refractivity (Wildman–Crippen MR) is 90.8 cm³/mol. The lowest BCUT2D eigenvalue weighted by atomic mass is 10.3. The second kappa shape index (κ2) is 5.97. The SMILES string of the molecule is Nc1ccc(Cl)cc1S(=O)(=O)Nc1ccc(I)cc1Cl. The summed E-state index contributed by atoms with van der Waals surface area (Å²) in [6, 6.07) is 9.23. The lowest BCUT2D eigenvalue weighted by molar-refractivity contribution is 0.601. The van der Waals surface area contributed by atoms with Crippen LogP contribution in [0.25, 0.3) is 0 Å². The Morgan fingerprint density at radius 1 is 1.10 bits per heavy atom. The van der Waals surface area contributed by atoms with Gasteiger partial charge in [0.25, 0.3) is 10.0 Å². The number of halogens is 3. The van der Waals surface area contributed by atoms with Crippen LogP contribution in [0.3, 0.4) is 0 Å². The number of hydrogen-bond donors (Lipinski definition) is 2. The summed E-state index contributed by atoms with van der Waals surface area (Å²) < 4.78 is 27.9. The molecule has 0 saturated carbocycles. The first-order chi connectivity index (χ1) is 9.29. The molecule has 0 amide bonds. The molecule has 8 heteroatoms. The van der Waals surface area contributed by atoms with Crippen molar-refractivity contribution in [2.75, 3.05) is 10.5 Å². The Labute approximate surface area is 140 Å². The van der Waals surface area contributed by atoms with E-state index >= 15 is 0 Å². The molecule has 0 atom stereocenters. The van der Waals surface area contributed by atoms with E-state index in [2.05, 4.69) is 27.3 Å². The highest BCUT2D eigenvalue weighted by Gasteiger charge is 2.19. The zero-order chi connectivity index (χ0) is 14.9. The third kappa shape index (κ3) is 3.49. The lowest BCUT2D eigenvalue weighted by Gasteiger charge is -2.11. The van der Waals surface area contributed by atoms with Crippen molar-refractivity contribution in [2.24, 2.45) is 0 Å². The molecule has 0 aliphatic heterocycles. The first-order valence-corrected chi connectivity index (χ1v) is 8.64. The average molecular weight is 443 g/mol. The monoisotopic (exact) mass is 442 g/mol. The van der Waals surface area contributed by atoms with Gasteiger partial charge in [0.05, 0.1) is 16.4 Å². The van der Waals surface area contributed by atoms with Crippen molar-refractivity contribution in [3.8, 4) is 0 Å². The summed E-state index contributed by atoms with van der Waals surface area (Å²) in [5, 5.41) is 0.592. The van der Waals surface area contributed by atoms with Crippen molar-refractivity contribution < 1.29 is 8.42 Å². The lowest BCUT2D eigenvalue weighted by Crippen LogP contribution is -2.15. The smallest absolute Gasteiger partial charge is 0.264 e. The molecule has 0 saturated heterocycles. The van der Waals surface area contributed by atoms with E-state index in [1.807, 2.05) is 0 Å². The van der Waals surface area contributed by atoms with Crippen molar-refractivity contribution >= 4 is 67.2 Å². The van der Waals surface area contributed by atoms with Gasteiger partial charge in [0, 0.05) is 8.59 Å². The molecule has 2 aromatic rings. The third-order valence-electron chi connectivity index (χ3n) is 2.44. The van der Waals surface area contributed by atoms with Crippen molar-refractivity contribution in [3.63, 3.8) is 0 Å². The molecule has 0 fully saturated rings. The first-order valence-electron chi connectivity index (χ1n) is 5.32. The van der Waals surface area contributed by atoms with Crippen molar-refractivity contribution in [1.82, 2.24) is 0 Å². The quantitative estimate of drug-likeness (QED) is 0.557. The van der Waals surface area contributed by atoms with Crippen LogP contribution in [0.15, 0.2) is 41.3 Å². The Balaban J connectivity index is 2.43. The summed E-state index contributed by atoms with van der Waals surface area (Å²) in [7, 11) is -3.85. The minimum absolute atomic E-state index is 0.0837. The van der Waals surface area contributed by atoms with E-state index in [1.54, 1.807) is 18.2 Å². The standard InChI is InChI=1S/C12H9Cl2IN2O2S/c13-7-1-3-10(16)12(5-7)20(18,19)17-11-4-2-8(15)6-9(11)14/h1-6,17H,16H2. The van der Waals surface area contributed by atoms with Crippen LogP contribution in [0.5, 0.6) is 0 Å². The van der Waals surface area contributed by atoms with Crippen LogP contribution in [0.1, 0.15) is 0 Å². The summed E-state index contributed by atoms with van der Waals surface area (Å²) in [5.41, 5.74) is 6.08. The van der Waals surface area contributed by atoms with Gasteiger partial charge in [0.1, 0.15) is 4.90 Å². The zero-order valence-electron chi connectivity index (χ0n) is 9.90. The maximum absolute atomic E-state index is 12.3. The van der Waals surface area contributed by atoms with E-state index in [-0.39, 0.29) is 21.3 Å². The number of sulfonamides is 1. The largest absolute Gasteiger partial charge is 0.398 e. The third-order valence-corrected chi connectivity index (χ3v) is 5.08. The minimum Gasteiger partial charge on any atom is -0.398 e. The summed E-state index contributed by atoms with van der Waals surface area (Å²) >= 11 is 13.9. The molecule has 0 radical (unpaired) electrons. The zero-order valence-corrected chi connectivity index (χ0v) is 14.4. The minimum atomic E-state index is -3.85. The van der Waals surface area contributed by atoms with Gasteiger partial charge in [-0.2, -0.15) is 0 Å². The highest BCUT2D eigenvalue weighted by atomic mass is 127. The van der Waals surface area contributed by atoms with Crippen LogP contribution in [0.4, 0.5) is 11.4 Å². The predicted octanol–water partition coefficient (Wildman–Crippen LogP) is 3.98. The van der Waals surface area contributed by atoms with Gasteiger partial charge >= 0.3 is 0 Å². The molecule has 2 aromatic carbocycles. The fraction of sp³-hybridized carbons (Fsp3) is 0. The molecule has 0 unspecified atom stereocenters. The van der Waals surface area contributed by atoms with Crippen molar-refractivity contribution in [3.05, 3.63) is 50.0 Å². The van der Waals surface area contributed by atoms with E-state index in [9.17, 15) is 8.42 Å². The number of nitrogen functional groups attached to an aromatic ring is 1. The van der Waals surface area contributed by atoms with Crippen LogP contribution in [-0.4, -0.2) is 8.42 Å². The normalized spacial score (nSPS) is 11.3. The van der Waals surface area contributed by atoms with Gasteiger partial charge in [0.2, 0.25) is 0 Å². The molecule has 0 bridgehead atoms. The summed E-state index contributed by atoms with van der Waals surface area (Å²) in [5.74, 6) is 0. The molecule has 106 valence electrons. The summed E-state index contributed by atoms with van der Waals surface area (Å²) in [4.78, 5) is -0.0837. The van der Waals surface area contributed by atoms with Crippen molar-refractivity contribution in [1.29, 1.82) is 0 Å². The molecule has 2 rings (SSSR count). The molecule has 4 nitrogen and oxygen atoms in total. The molecule has 20 heavy (non-hydrogen) atoms. The molecule has 0 aromatic heterocycles. The maximum Gasteiger partial charge on any atom is 0.264 e. The number of benzene rings is 2. The molecule has 3 N–H and O–H groups in total. The number of anilines is 2. The van der Waals surface area contributed by atoms with Crippen LogP contribution in [0.2, 0.25) is 10.0 Å². The number of hydrogen-bond acceptors (Lipinski definition) is 3. The Kier molecular flexibility index (Phi) is 4.68. The number of nitrogens with one attached hydrogen (secondary N) is 1. The highest BCUT2D eigenvalue weighted by molar-refractivity contribution is 14.1. The Morgan fingerprint density at radius 3 is 2.45 bits per heavy atom. The summed E-state index contributed by atoms with van der Waals surface area (Å²) in [6.07, 6.45) is 0. The molecule has 0 aliphatic carbocycles. The van der Waals surface area contributed by atoms with Gasteiger partial charge in [-0.1, -0.05) is 23.2 Å². The van der Waals surface area contributed by atoms with E-state index in [4.69, 9.17) is 28.9 Å². The summed E-state index contributed by atoms with van der Waals surface area (Å²) in [6.45, 7) is 0. The Hall–Kier alpha value is -0.700. The average Bonchev–Trinajstić information content (AvgIpc) is 2.35. The fourth-order valence-corrected chi connectivity index (χ4v) is 3.95. The molecule has 0 aliphatic rings. The van der Waals surface area contributed by atoms with E-state index in [0.717, 1.165) is 3.57 Å². The van der Waals surface area contributed by atoms with Gasteiger partial charge in [-0.15, -0.1) is 0 Å². The van der Waals surface area contributed by atoms with Crippen LogP contribution >= 0.6 is 45.8 Å². The van der Waals surface area contributed by atoms with Gasteiger partial charge in [-0.05, 0) is 59.0 Å². The molecular weight excluding hydrogens is 434 g/mol. The van der Waals surface area contributed by atoms with Crippen LogP contribution < -0.4 is 10.5 Å². The maximum atomic E-state index is 12.3. The van der Waals surface area contributed by atoms with Gasteiger partial charge < -0.3 is 5.73 Å².